The van der Waals surface area contributed by atoms with Gasteiger partial charge >= 0.3 is 0 Å². The van der Waals surface area contributed by atoms with E-state index in [0.29, 0.717) is 0 Å². The minimum atomic E-state index is -0.664. The van der Waals surface area contributed by atoms with Gasteiger partial charge in [-0.1, -0.05) is 12.1 Å². The van der Waals surface area contributed by atoms with Gasteiger partial charge in [-0.15, -0.1) is 0 Å². The molecule has 1 saturated heterocycles. The van der Waals surface area contributed by atoms with Gasteiger partial charge in [0.1, 0.15) is 0 Å². The Labute approximate surface area is 118 Å². The van der Waals surface area contributed by atoms with Crippen molar-refractivity contribution in [2.45, 2.75) is 25.8 Å². The maximum absolute atomic E-state index is 10.9. The Morgan fingerprint density at radius 2 is 1.89 bits per heavy atom. The number of hydrogen-bond donors (Lipinski definition) is 1. The lowest BCUT2D eigenvalue weighted by Gasteiger charge is -2.17. The number of rotatable bonds is 7. The topological polar surface area (TPSA) is 32.3 Å². The van der Waals surface area contributed by atoms with Crippen LogP contribution >= 0.6 is 0 Å². The van der Waals surface area contributed by atoms with Gasteiger partial charge in [-0.05, 0) is 43.5 Å². The Balaban J connectivity index is 1.71. The molecule has 3 nitrogen and oxygen atoms in total. The van der Waals surface area contributed by atoms with Gasteiger partial charge in [0.25, 0.3) is 0 Å². The molecule has 1 fully saturated rings. The molecular weight excluding hydrogens is 256 g/mol. The number of anilines is 1. The lowest BCUT2D eigenvalue weighted by molar-refractivity contribution is 0.662. The van der Waals surface area contributed by atoms with E-state index >= 15 is 0 Å². The van der Waals surface area contributed by atoms with Crippen LogP contribution in [0.5, 0.6) is 0 Å². The molecule has 1 atom stereocenters. The van der Waals surface area contributed by atoms with Gasteiger partial charge in [-0.25, -0.2) is 0 Å². The fourth-order valence-corrected chi connectivity index (χ4v) is 2.98. The second-order valence-electron chi connectivity index (χ2n) is 5.17. The van der Waals surface area contributed by atoms with E-state index in [2.05, 4.69) is 34.5 Å². The van der Waals surface area contributed by atoms with Crippen LogP contribution in [0.15, 0.2) is 24.3 Å². The van der Waals surface area contributed by atoms with Crippen LogP contribution in [0.4, 0.5) is 5.69 Å². The Hall–Kier alpha value is -0.870. The third-order valence-electron chi connectivity index (χ3n) is 3.52. The third kappa shape index (κ3) is 4.96. The average molecular weight is 280 g/mol. The molecule has 0 aliphatic carbocycles. The standard InChI is InChI=1S/C15H24N2OS/c1-19(18)12-4-9-16-13-14-5-7-15(8-6-14)17-10-2-3-11-17/h5-8,16H,2-4,9-13H2,1H3. The molecule has 19 heavy (non-hydrogen) atoms. The summed E-state index contributed by atoms with van der Waals surface area (Å²) in [7, 11) is -0.664. The molecule has 0 aromatic heterocycles. The van der Waals surface area contributed by atoms with Gasteiger partial charge in [0, 0.05) is 48.1 Å². The van der Waals surface area contributed by atoms with Crippen molar-refractivity contribution in [3.8, 4) is 0 Å². The van der Waals surface area contributed by atoms with Crippen LogP contribution in [0.2, 0.25) is 0 Å². The summed E-state index contributed by atoms with van der Waals surface area (Å²) >= 11 is 0. The highest BCUT2D eigenvalue weighted by Crippen LogP contribution is 2.20. The normalized spacial score (nSPS) is 16.8. The molecule has 1 unspecified atom stereocenters. The lowest BCUT2D eigenvalue weighted by Crippen LogP contribution is -2.18. The highest BCUT2D eigenvalue weighted by Gasteiger charge is 2.11. The van der Waals surface area contributed by atoms with Gasteiger partial charge in [0.2, 0.25) is 0 Å². The first kappa shape index (κ1) is 14.5. The Morgan fingerprint density at radius 3 is 2.53 bits per heavy atom. The van der Waals surface area contributed by atoms with E-state index in [4.69, 9.17) is 0 Å². The summed E-state index contributed by atoms with van der Waals surface area (Å²) in [6.45, 7) is 4.24. The highest BCUT2D eigenvalue weighted by molar-refractivity contribution is 7.84. The molecule has 1 heterocycles. The summed E-state index contributed by atoms with van der Waals surface area (Å²) in [5.74, 6) is 0.793. The van der Waals surface area contributed by atoms with E-state index < -0.39 is 10.8 Å². The molecule has 1 aliphatic rings. The maximum atomic E-state index is 10.9. The van der Waals surface area contributed by atoms with Crippen molar-refractivity contribution in [3.05, 3.63) is 29.8 Å². The van der Waals surface area contributed by atoms with Crippen molar-refractivity contribution >= 4 is 16.5 Å². The first-order chi connectivity index (χ1) is 9.25. The van der Waals surface area contributed by atoms with Crippen LogP contribution in [-0.2, 0) is 17.3 Å². The molecule has 1 aromatic carbocycles. The van der Waals surface area contributed by atoms with Crippen molar-refractivity contribution in [2.75, 3.05) is 36.5 Å². The summed E-state index contributed by atoms with van der Waals surface area (Å²) in [4.78, 5) is 2.45. The first-order valence-electron chi connectivity index (χ1n) is 7.10. The molecule has 4 heteroatoms. The smallest absolute Gasteiger partial charge is 0.0366 e. The fourth-order valence-electron chi connectivity index (χ4n) is 2.43. The zero-order chi connectivity index (χ0) is 13.5. The molecule has 1 aromatic rings. The molecule has 2 rings (SSSR count). The highest BCUT2D eigenvalue weighted by atomic mass is 32.2. The molecule has 1 N–H and O–H groups in total. The van der Waals surface area contributed by atoms with E-state index in [1.165, 1.54) is 37.2 Å². The van der Waals surface area contributed by atoms with Crippen LogP contribution in [-0.4, -0.2) is 35.9 Å². The van der Waals surface area contributed by atoms with Crippen molar-refractivity contribution in [2.24, 2.45) is 0 Å². The lowest BCUT2D eigenvalue weighted by atomic mass is 10.2. The predicted molar refractivity (Wildman–Crippen MR) is 83.1 cm³/mol. The summed E-state index contributed by atoms with van der Waals surface area (Å²) in [6.07, 6.45) is 5.39. The quantitative estimate of drug-likeness (QED) is 0.777. The molecular formula is C15H24N2OS. The van der Waals surface area contributed by atoms with Crippen molar-refractivity contribution in [1.29, 1.82) is 0 Å². The SMILES string of the molecule is CS(=O)CCCNCc1ccc(N2CCCC2)cc1. The molecule has 1 aliphatic heterocycles. The Morgan fingerprint density at radius 1 is 1.21 bits per heavy atom. The van der Waals surface area contributed by atoms with Gasteiger partial charge in [-0.3, -0.25) is 4.21 Å². The molecule has 0 radical (unpaired) electrons. The van der Waals surface area contributed by atoms with Crippen LogP contribution in [0, 0.1) is 0 Å². The van der Waals surface area contributed by atoms with Crippen LogP contribution in [0.1, 0.15) is 24.8 Å². The van der Waals surface area contributed by atoms with Crippen molar-refractivity contribution < 1.29 is 4.21 Å². The Bertz CT molecular complexity index is 399. The predicted octanol–water partition coefficient (Wildman–Crippen LogP) is 2.14. The number of hydrogen-bond acceptors (Lipinski definition) is 3. The fraction of sp³-hybridized carbons (Fsp3) is 0.600. The molecule has 106 valence electrons. The number of nitrogens with zero attached hydrogens (tertiary/aromatic N) is 1. The van der Waals surface area contributed by atoms with E-state index in [-0.39, 0.29) is 0 Å². The first-order valence-corrected chi connectivity index (χ1v) is 8.83. The number of benzene rings is 1. The minimum Gasteiger partial charge on any atom is -0.372 e. The van der Waals surface area contributed by atoms with Crippen molar-refractivity contribution in [3.63, 3.8) is 0 Å². The van der Waals surface area contributed by atoms with Crippen LogP contribution < -0.4 is 10.2 Å². The Kier molecular flexibility index (Phi) is 5.86. The minimum absolute atomic E-state index is 0.664. The second kappa shape index (κ2) is 7.65. The van der Waals surface area contributed by atoms with Gasteiger partial charge in [0.15, 0.2) is 0 Å². The van der Waals surface area contributed by atoms with Gasteiger partial charge in [0.05, 0.1) is 0 Å². The van der Waals surface area contributed by atoms with Crippen molar-refractivity contribution in [1.82, 2.24) is 5.32 Å². The summed E-state index contributed by atoms with van der Waals surface area (Å²) < 4.78 is 10.9. The van der Waals surface area contributed by atoms with Gasteiger partial charge in [-0.2, -0.15) is 0 Å². The van der Waals surface area contributed by atoms with E-state index in [0.717, 1.165) is 25.3 Å². The maximum Gasteiger partial charge on any atom is 0.0366 e. The van der Waals surface area contributed by atoms with Gasteiger partial charge < -0.3 is 10.2 Å². The van der Waals surface area contributed by atoms with E-state index in [1.807, 2.05) is 0 Å². The second-order valence-corrected chi connectivity index (χ2v) is 6.72. The zero-order valence-electron chi connectivity index (χ0n) is 11.7. The summed E-state index contributed by atoms with van der Waals surface area (Å²) in [6, 6.07) is 8.87. The zero-order valence-corrected chi connectivity index (χ0v) is 12.5. The molecule has 0 bridgehead atoms. The summed E-state index contributed by atoms with van der Waals surface area (Å²) in [5, 5.41) is 3.40. The van der Waals surface area contributed by atoms with Crippen LogP contribution in [0.25, 0.3) is 0 Å². The molecule has 0 saturated carbocycles. The summed E-state index contributed by atoms with van der Waals surface area (Å²) in [5.41, 5.74) is 2.67. The van der Waals surface area contributed by atoms with E-state index in [9.17, 15) is 4.21 Å². The van der Waals surface area contributed by atoms with Crippen LogP contribution in [0.3, 0.4) is 0 Å². The largest absolute Gasteiger partial charge is 0.372 e. The average Bonchev–Trinajstić information content (AvgIpc) is 2.93. The third-order valence-corrected chi connectivity index (χ3v) is 4.39. The molecule has 0 spiro atoms. The molecule has 0 amide bonds. The number of nitrogens with one attached hydrogen (secondary N) is 1. The van der Waals surface area contributed by atoms with E-state index in [1.54, 1.807) is 6.26 Å². The monoisotopic (exact) mass is 280 g/mol.